The lowest BCUT2D eigenvalue weighted by atomic mass is 9.34. The minimum absolute atomic E-state index is 0.147. The van der Waals surface area contributed by atoms with Gasteiger partial charge in [0.15, 0.2) is 0 Å². The van der Waals surface area contributed by atoms with Crippen molar-refractivity contribution < 1.29 is 9.84 Å². The molecule has 7 aliphatic rings. The maximum Gasteiger partial charge on any atom is 0.116 e. The molecule has 138 valence electrons. The van der Waals surface area contributed by atoms with Gasteiger partial charge in [-0.1, -0.05) is 19.9 Å². The Balaban J connectivity index is 1.49. The Kier molecular flexibility index (Phi) is 2.95. The zero-order valence-electron chi connectivity index (χ0n) is 15.7. The molecule has 25 heavy (non-hydrogen) atoms. The first-order valence-corrected chi connectivity index (χ1v) is 10.7. The maximum atomic E-state index is 11.3. The zero-order chi connectivity index (χ0) is 17.0. The van der Waals surface area contributed by atoms with E-state index in [4.69, 9.17) is 4.74 Å². The SMILES string of the molecule is C=C1[C@@H]2CC[C@]3(CC[C@@H]4[C@]5(C)CCC[C@@]4(CN4CCO[C@@H]45)[C@@H]3C2)[C@@H]1O. The van der Waals surface area contributed by atoms with Crippen molar-refractivity contribution in [3.63, 3.8) is 0 Å². The Bertz CT molecular complexity index is 634. The number of hydrogen-bond acceptors (Lipinski definition) is 3. The molecule has 8 atom stereocenters. The van der Waals surface area contributed by atoms with E-state index in [9.17, 15) is 5.11 Å². The van der Waals surface area contributed by atoms with Gasteiger partial charge >= 0.3 is 0 Å². The number of nitrogens with zero attached hydrogens (tertiary/aromatic N) is 1. The van der Waals surface area contributed by atoms with E-state index in [1.165, 1.54) is 63.5 Å². The first-order valence-electron chi connectivity index (χ1n) is 10.7. The minimum Gasteiger partial charge on any atom is -0.388 e. The standard InChI is InChI=1S/C22H33NO2/c1-14-15-4-8-21(18(14)24)9-5-16-20(2)6-3-7-22(16,17(21)12-15)13-23-10-11-25-19(20)23/h15-19,24H,1,3-13H2,2H3/t15-,16-,17-,18-,19-,20+,21-,22+/m1/s1. The summed E-state index contributed by atoms with van der Waals surface area (Å²) in [5.74, 6) is 2.08. The van der Waals surface area contributed by atoms with Gasteiger partial charge < -0.3 is 9.84 Å². The van der Waals surface area contributed by atoms with E-state index < -0.39 is 0 Å². The highest BCUT2D eigenvalue weighted by Crippen LogP contribution is 2.74. The summed E-state index contributed by atoms with van der Waals surface area (Å²) in [4.78, 5) is 2.69. The highest BCUT2D eigenvalue weighted by molar-refractivity contribution is 5.28. The third kappa shape index (κ3) is 1.62. The number of fused-ring (bicyclic) bond motifs is 4. The molecular weight excluding hydrogens is 310 g/mol. The molecule has 3 heteroatoms. The van der Waals surface area contributed by atoms with Crippen molar-refractivity contribution in [2.75, 3.05) is 19.7 Å². The van der Waals surface area contributed by atoms with Crippen LogP contribution < -0.4 is 0 Å². The van der Waals surface area contributed by atoms with Gasteiger partial charge in [0.2, 0.25) is 0 Å². The van der Waals surface area contributed by atoms with Gasteiger partial charge in [-0.25, -0.2) is 0 Å². The molecule has 7 fully saturated rings. The molecule has 0 amide bonds. The summed E-state index contributed by atoms with van der Waals surface area (Å²) in [7, 11) is 0. The third-order valence-corrected chi connectivity index (χ3v) is 10.1. The highest BCUT2D eigenvalue weighted by atomic mass is 16.5. The van der Waals surface area contributed by atoms with Crippen molar-refractivity contribution in [2.45, 2.75) is 70.6 Å². The van der Waals surface area contributed by atoms with E-state index in [0.29, 0.717) is 28.9 Å². The summed E-state index contributed by atoms with van der Waals surface area (Å²) in [5.41, 5.74) is 2.07. The van der Waals surface area contributed by atoms with Crippen LogP contribution in [0.3, 0.4) is 0 Å². The Morgan fingerprint density at radius 1 is 1.12 bits per heavy atom. The van der Waals surface area contributed by atoms with Crippen LogP contribution in [0.5, 0.6) is 0 Å². The number of hydrogen-bond donors (Lipinski definition) is 1. The van der Waals surface area contributed by atoms with E-state index in [0.717, 1.165) is 19.1 Å². The molecule has 3 nitrogen and oxygen atoms in total. The second-order valence-corrected chi connectivity index (χ2v) is 10.6. The fraction of sp³-hybridized carbons (Fsp3) is 0.909. The minimum atomic E-state index is -0.235. The number of ether oxygens (including phenoxy) is 1. The molecule has 0 aromatic heterocycles. The summed E-state index contributed by atoms with van der Waals surface area (Å²) < 4.78 is 6.29. The molecule has 2 aliphatic heterocycles. The molecule has 7 rings (SSSR count). The molecular formula is C22H33NO2. The van der Waals surface area contributed by atoms with Crippen molar-refractivity contribution >= 4 is 0 Å². The van der Waals surface area contributed by atoms with Crippen molar-refractivity contribution in [3.8, 4) is 0 Å². The van der Waals surface area contributed by atoms with Gasteiger partial charge in [0.25, 0.3) is 0 Å². The summed E-state index contributed by atoms with van der Waals surface area (Å²) in [6, 6.07) is 0. The van der Waals surface area contributed by atoms with Crippen LogP contribution in [0.2, 0.25) is 0 Å². The molecule has 5 saturated carbocycles. The molecule has 4 bridgehead atoms. The lowest BCUT2D eigenvalue weighted by Gasteiger charge is -2.73. The van der Waals surface area contributed by atoms with Gasteiger partial charge in [0, 0.05) is 23.9 Å². The Labute approximate surface area is 151 Å². The molecule has 0 unspecified atom stereocenters. The van der Waals surface area contributed by atoms with Crippen molar-refractivity contribution in [3.05, 3.63) is 12.2 Å². The smallest absolute Gasteiger partial charge is 0.116 e. The number of rotatable bonds is 0. The Hall–Kier alpha value is -0.380. The van der Waals surface area contributed by atoms with Crippen molar-refractivity contribution in [1.82, 2.24) is 4.90 Å². The van der Waals surface area contributed by atoms with Gasteiger partial charge in [-0.05, 0) is 73.7 Å². The van der Waals surface area contributed by atoms with Crippen LogP contribution >= 0.6 is 0 Å². The normalized spacial score (nSPS) is 60.1. The van der Waals surface area contributed by atoms with E-state index in [1.54, 1.807) is 0 Å². The molecule has 0 aromatic rings. The molecule has 5 aliphatic carbocycles. The van der Waals surface area contributed by atoms with Gasteiger partial charge in [-0.15, -0.1) is 0 Å². The molecule has 1 spiro atoms. The summed E-state index contributed by atoms with van der Waals surface area (Å²) in [6.07, 6.45) is 10.6. The second kappa shape index (κ2) is 4.72. The van der Waals surface area contributed by atoms with Crippen LogP contribution in [0.1, 0.15) is 58.3 Å². The fourth-order valence-electron chi connectivity index (χ4n) is 9.25. The van der Waals surface area contributed by atoms with Crippen molar-refractivity contribution in [1.29, 1.82) is 0 Å². The van der Waals surface area contributed by atoms with E-state index in [-0.39, 0.29) is 11.5 Å². The predicted molar refractivity (Wildman–Crippen MR) is 96.8 cm³/mol. The van der Waals surface area contributed by atoms with Gasteiger partial charge in [-0.3, -0.25) is 4.90 Å². The topological polar surface area (TPSA) is 32.7 Å². The monoisotopic (exact) mass is 343 g/mol. The maximum absolute atomic E-state index is 11.3. The first-order chi connectivity index (χ1) is 12.0. The van der Waals surface area contributed by atoms with E-state index >= 15 is 0 Å². The third-order valence-electron chi connectivity index (χ3n) is 10.1. The lowest BCUT2D eigenvalue weighted by molar-refractivity contribution is -0.273. The van der Waals surface area contributed by atoms with E-state index in [2.05, 4.69) is 18.4 Å². The van der Waals surface area contributed by atoms with Gasteiger partial charge in [-0.2, -0.15) is 0 Å². The van der Waals surface area contributed by atoms with Crippen molar-refractivity contribution in [2.24, 2.45) is 34.0 Å². The average Bonchev–Trinajstić information content (AvgIpc) is 3.07. The summed E-state index contributed by atoms with van der Waals surface area (Å²) in [6.45, 7) is 10.1. The molecule has 2 heterocycles. The molecule has 0 aromatic carbocycles. The Morgan fingerprint density at radius 2 is 1.96 bits per heavy atom. The number of aliphatic hydroxyl groups excluding tert-OH is 1. The number of piperidine rings is 1. The first kappa shape index (κ1) is 15.7. The van der Waals surface area contributed by atoms with Crippen LogP contribution in [0, 0.1) is 34.0 Å². The predicted octanol–water partition coefficient (Wildman–Crippen LogP) is 3.58. The van der Waals surface area contributed by atoms with Gasteiger partial charge in [0.05, 0.1) is 12.7 Å². The van der Waals surface area contributed by atoms with Crippen LogP contribution in [0.25, 0.3) is 0 Å². The summed E-state index contributed by atoms with van der Waals surface area (Å²) >= 11 is 0. The molecule has 0 radical (unpaired) electrons. The Morgan fingerprint density at radius 3 is 2.84 bits per heavy atom. The second-order valence-electron chi connectivity index (χ2n) is 10.6. The van der Waals surface area contributed by atoms with Crippen LogP contribution in [-0.4, -0.2) is 42.0 Å². The van der Waals surface area contributed by atoms with E-state index in [1.807, 2.05) is 0 Å². The van der Waals surface area contributed by atoms with Crippen LogP contribution in [0.15, 0.2) is 12.2 Å². The lowest BCUT2D eigenvalue weighted by Crippen LogP contribution is -2.72. The van der Waals surface area contributed by atoms with Crippen LogP contribution in [-0.2, 0) is 4.74 Å². The largest absolute Gasteiger partial charge is 0.388 e. The van der Waals surface area contributed by atoms with Gasteiger partial charge in [0.1, 0.15) is 6.23 Å². The number of aliphatic hydroxyl groups is 1. The average molecular weight is 344 g/mol. The van der Waals surface area contributed by atoms with Crippen LogP contribution in [0.4, 0.5) is 0 Å². The highest BCUT2D eigenvalue weighted by Gasteiger charge is 2.71. The quantitative estimate of drug-likeness (QED) is 0.683. The summed E-state index contributed by atoms with van der Waals surface area (Å²) in [5, 5.41) is 11.3. The molecule has 2 saturated heterocycles. The zero-order valence-corrected chi connectivity index (χ0v) is 15.7. The fourth-order valence-corrected chi connectivity index (χ4v) is 9.25. The molecule has 1 N–H and O–H groups in total.